The van der Waals surface area contributed by atoms with Crippen molar-refractivity contribution in [2.75, 3.05) is 14.1 Å². The molecule has 1 aromatic carbocycles. The SMILES string of the molecule is CN(C)S(=O)(=O)C1CCCc2ccc(-c3ccccc3)nc21. The summed E-state index contributed by atoms with van der Waals surface area (Å²) in [5.41, 5.74) is 3.62. The largest absolute Gasteiger partial charge is 0.251 e. The van der Waals surface area contributed by atoms with Gasteiger partial charge >= 0.3 is 0 Å². The van der Waals surface area contributed by atoms with Crippen molar-refractivity contribution < 1.29 is 8.42 Å². The molecule has 0 spiro atoms. The quantitative estimate of drug-likeness (QED) is 0.874. The summed E-state index contributed by atoms with van der Waals surface area (Å²) in [6.45, 7) is 0. The van der Waals surface area contributed by atoms with Crippen LogP contribution in [0.5, 0.6) is 0 Å². The van der Waals surface area contributed by atoms with Crippen LogP contribution >= 0.6 is 0 Å². The third kappa shape index (κ3) is 2.66. The maximum absolute atomic E-state index is 12.6. The van der Waals surface area contributed by atoms with Crippen molar-refractivity contribution in [3.63, 3.8) is 0 Å². The molecule has 0 saturated carbocycles. The molecule has 22 heavy (non-hydrogen) atoms. The molecule has 5 heteroatoms. The Morgan fingerprint density at radius 3 is 2.50 bits per heavy atom. The van der Waals surface area contributed by atoms with Crippen LogP contribution in [0.15, 0.2) is 42.5 Å². The zero-order valence-corrected chi connectivity index (χ0v) is 13.7. The fraction of sp³-hybridized carbons (Fsp3) is 0.353. The number of sulfonamides is 1. The minimum absolute atomic E-state index is 0.532. The molecule has 1 aliphatic carbocycles. The lowest BCUT2D eigenvalue weighted by molar-refractivity contribution is 0.490. The standard InChI is InChI=1S/C17H20N2O2S/c1-19(2)22(20,21)16-10-6-9-14-11-12-15(18-17(14)16)13-7-4-3-5-8-13/h3-5,7-8,11-12,16H,6,9-10H2,1-2H3. The van der Waals surface area contributed by atoms with Crippen molar-refractivity contribution in [1.82, 2.24) is 9.29 Å². The monoisotopic (exact) mass is 316 g/mol. The van der Waals surface area contributed by atoms with Gasteiger partial charge < -0.3 is 0 Å². The molecule has 0 bridgehead atoms. The van der Waals surface area contributed by atoms with Crippen LogP contribution in [0.1, 0.15) is 29.3 Å². The summed E-state index contributed by atoms with van der Waals surface area (Å²) < 4.78 is 26.5. The van der Waals surface area contributed by atoms with Crippen molar-refractivity contribution >= 4 is 10.0 Å². The maximum atomic E-state index is 12.6. The van der Waals surface area contributed by atoms with Crippen molar-refractivity contribution in [3.05, 3.63) is 53.7 Å². The van der Waals surface area contributed by atoms with Crippen LogP contribution < -0.4 is 0 Å². The van der Waals surface area contributed by atoms with Crippen LogP contribution in [0, 0.1) is 0 Å². The number of fused-ring (bicyclic) bond motifs is 1. The van der Waals surface area contributed by atoms with E-state index in [1.54, 1.807) is 14.1 Å². The molecule has 1 aromatic heterocycles. The second-order valence-corrected chi connectivity index (χ2v) is 8.14. The first-order chi connectivity index (χ1) is 10.5. The van der Waals surface area contributed by atoms with Crippen molar-refractivity contribution in [3.8, 4) is 11.3 Å². The van der Waals surface area contributed by atoms with Gasteiger partial charge in [0.05, 0.1) is 11.4 Å². The van der Waals surface area contributed by atoms with Gasteiger partial charge in [-0.2, -0.15) is 0 Å². The fourth-order valence-corrected chi connectivity index (χ4v) is 4.38. The van der Waals surface area contributed by atoms with E-state index in [4.69, 9.17) is 4.98 Å². The average molecular weight is 316 g/mol. The van der Waals surface area contributed by atoms with Crippen LogP contribution in [0.2, 0.25) is 0 Å². The second kappa shape index (κ2) is 5.82. The topological polar surface area (TPSA) is 50.3 Å². The Labute approximate surface area is 131 Å². The van der Waals surface area contributed by atoms with Crippen LogP contribution in [0.25, 0.3) is 11.3 Å². The summed E-state index contributed by atoms with van der Waals surface area (Å²) in [5, 5.41) is -0.532. The zero-order chi connectivity index (χ0) is 15.7. The summed E-state index contributed by atoms with van der Waals surface area (Å²) in [5.74, 6) is 0. The van der Waals surface area contributed by atoms with Crippen molar-refractivity contribution in [2.45, 2.75) is 24.5 Å². The van der Waals surface area contributed by atoms with Gasteiger partial charge in [0.2, 0.25) is 10.0 Å². The Morgan fingerprint density at radius 1 is 1.09 bits per heavy atom. The van der Waals surface area contributed by atoms with Crippen molar-refractivity contribution in [1.29, 1.82) is 0 Å². The molecule has 0 aliphatic heterocycles. The van der Waals surface area contributed by atoms with E-state index in [1.165, 1.54) is 4.31 Å². The molecule has 1 atom stereocenters. The number of pyridine rings is 1. The molecule has 0 saturated heterocycles. The van der Waals surface area contributed by atoms with Gasteiger partial charge in [-0.05, 0) is 30.9 Å². The minimum Gasteiger partial charge on any atom is -0.251 e. The van der Waals surface area contributed by atoms with Crippen LogP contribution in [0.3, 0.4) is 0 Å². The predicted molar refractivity (Wildman–Crippen MR) is 88.0 cm³/mol. The maximum Gasteiger partial charge on any atom is 0.222 e. The number of aromatic nitrogens is 1. The van der Waals surface area contributed by atoms with E-state index >= 15 is 0 Å². The fourth-order valence-electron chi connectivity index (χ4n) is 2.92. The first kappa shape index (κ1) is 15.2. The number of nitrogens with zero attached hydrogens (tertiary/aromatic N) is 2. The second-order valence-electron chi connectivity index (χ2n) is 5.82. The van der Waals surface area contributed by atoms with E-state index in [-0.39, 0.29) is 0 Å². The molecule has 0 fully saturated rings. The van der Waals surface area contributed by atoms with E-state index in [2.05, 4.69) is 0 Å². The summed E-state index contributed by atoms with van der Waals surface area (Å²) in [7, 11) is -0.166. The molecule has 3 rings (SSSR count). The Balaban J connectivity index is 2.10. The number of hydrogen-bond donors (Lipinski definition) is 0. The molecule has 1 heterocycles. The number of rotatable bonds is 3. The van der Waals surface area contributed by atoms with Gasteiger partial charge in [-0.1, -0.05) is 36.4 Å². The average Bonchev–Trinajstić information content (AvgIpc) is 2.54. The van der Waals surface area contributed by atoms with E-state index in [0.717, 1.165) is 35.4 Å². The Hall–Kier alpha value is -1.72. The van der Waals surface area contributed by atoms with Crippen molar-refractivity contribution in [2.24, 2.45) is 0 Å². The predicted octanol–water partition coefficient (Wildman–Crippen LogP) is 3.02. The van der Waals surface area contributed by atoms with Gasteiger partial charge in [-0.3, -0.25) is 4.98 Å². The Bertz CT molecular complexity index is 771. The lowest BCUT2D eigenvalue weighted by Gasteiger charge is -2.27. The summed E-state index contributed by atoms with van der Waals surface area (Å²) in [6, 6.07) is 13.9. The third-order valence-electron chi connectivity index (χ3n) is 4.17. The highest BCUT2D eigenvalue weighted by Gasteiger charge is 2.34. The molecule has 1 unspecified atom stereocenters. The normalized spacial score (nSPS) is 18.2. The molecular formula is C17H20N2O2S. The van der Waals surface area contributed by atoms with Gasteiger partial charge in [0, 0.05) is 19.7 Å². The molecular weight excluding hydrogens is 296 g/mol. The Kier molecular flexibility index (Phi) is 4.02. The molecule has 0 N–H and O–H groups in total. The molecule has 4 nitrogen and oxygen atoms in total. The summed E-state index contributed by atoms with van der Waals surface area (Å²) >= 11 is 0. The van der Waals surface area contributed by atoms with Gasteiger partial charge in [0.1, 0.15) is 5.25 Å². The lowest BCUT2D eigenvalue weighted by Crippen LogP contribution is -2.31. The van der Waals surface area contributed by atoms with Crippen LogP contribution in [-0.2, 0) is 16.4 Å². The summed E-state index contributed by atoms with van der Waals surface area (Å²) in [4.78, 5) is 4.71. The summed E-state index contributed by atoms with van der Waals surface area (Å²) in [6.07, 6.45) is 2.42. The molecule has 116 valence electrons. The first-order valence-corrected chi connectivity index (χ1v) is 8.97. The lowest BCUT2D eigenvalue weighted by atomic mass is 9.95. The Morgan fingerprint density at radius 2 is 1.82 bits per heavy atom. The zero-order valence-electron chi connectivity index (χ0n) is 12.9. The number of aryl methyl sites for hydroxylation is 1. The minimum atomic E-state index is -3.34. The van der Waals surface area contributed by atoms with Gasteiger partial charge in [0.15, 0.2) is 0 Å². The number of hydrogen-bond acceptors (Lipinski definition) is 3. The van der Waals surface area contributed by atoms with Gasteiger partial charge in [-0.15, -0.1) is 0 Å². The smallest absolute Gasteiger partial charge is 0.222 e. The highest BCUT2D eigenvalue weighted by molar-refractivity contribution is 7.89. The van der Waals surface area contributed by atoms with E-state index < -0.39 is 15.3 Å². The third-order valence-corrected chi connectivity index (χ3v) is 6.36. The van der Waals surface area contributed by atoms with Crippen LogP contribution in [-0.4, -0.2) is 31.8 Å². The van der Waals surface area contributed by atoms with Crippen LogP contribution in [0.4, 0.5) is 0 Å². The highest BCUT2D eigenvalue weighted by atomic mass is 32.2. The molecule has 0 amide bonds. The highest BCUT2D eigenvalue weighted by Crippen LogP contribution is 2.36. The molecule has 0 radical (unpaired) electrons. The molecule has 1 aliphatic rings. The van der Waals surface area contributed by atoms with Gasteiger partial charge in [-0.25, -0.2) is 12.7 Å². The number of benzene rings is 1. The van der Waals surface area contributed by atoms with E-state index in [1.807, 2.05) is 42.5 Å². The van der Waals surface area contributed by atoms with E-state index in [0.29, 0.717) is 6.42 Å². The van der Waals surface area contributed by atoms with Gasteiger partial charge in [0.25, 0.3) is 0 Å². The van der Waals surface area contributed by atoms with E-state index in [9.17, 15) is 8.42 Å². The first-order valence-electron chi connectivity index (χ1n) is 7.47. The molecule has 2 aromatic rings.